The Morgan fingerprint density at radius 3 is 2.37 bits per heavy atom. The lowest BCUT2D eigenvalue weighted by atomic mass is 10.1. The van der Waals surface area contributed by atoms with E-state index in [-0.39, 0.29) is 12.4 Å². The molecule has 6 heteroatoms. The number of rotatable bonds is 6. The number of para-hydroxylation sites is 1. The maximum absolute atomic E-state index is 6.38. The van der Waals surface area contributed by atoms with Gasteiger partial charge in [0.1, 0.15) is 6.54 Å². The van der Waals surface area contributed by atoms with Crippen molar-refractivity contribution in [2.45, 2.75) is 22.8 Å². The highest BCUT2D eigenvalue weighted by atomic mass is 35.5. The number of halogens is 3. The predicted octanol–water partition coefficient (Wildman–Crippen LogP) is 4.27. The molecule has 0 saturated carbocycles. The summed E-state index contributed by atoms with van der Waals surface area (Å²) in [6.07, 6.45) is 1.07. The summed E-state index contributed by atoms with van der Waals surface area (Å²) in [7, 11) is 4.54. The van der Waals surface area contributed by atoms with E-state index in [0.717, 1.165) is 40.6 Å². The Kier molecular flexibility index (Phi) is 7.65. The van der Waals surface area contributed by atoms with Crippen LogP contribution in [0.15, 0.2) is 76.5 Å². The van der Waals surface area contributed by atoms with Crippen molar-refractivity contribution in [1.82, 2.24) is 0 Å². The van der Waals surface area contributed by atoms with Gasteiger partial charge in [-0.3, -0.25) is 0 Å². The van der Waals surface area contributed by atoms with Gasteiger partial charge in [0.25, 0.3) is 0 Å². The zero-order chi connectivity index (χ0) is 20.4. The summed E-state index contributed by atoms with van der Waals surface area (Å²) in [5, 5.41) is 1.63. The molecular formula is C24H25Cl3N2S. The molecule has 3 aromatic rings. The Bertz CT molecular complexity index is 1020. The number of quaternary nitrogens is 1. The third kappa shape index (κ3) is 5.27. The molecule has 0 radical (unpaired) electrons. The van der Waals surface area contributed by atoms with Crippen LogP contribution in [0.1, 0.15) is 12.0 Å². The summed E-state index contributed by atoms with van der Waals surface area (Å²) in [5.41, 5.74) is 3.68. The van der Waals surface area contributed by atoms with Gasteiger partial charge in [-0.1, -0.05) is 65.3 Å². The molecule has 1 aliphatic heterocycles. The average Bonchev–Trinajstić information content (AvgIpc) is 2.69. The Hall–Kier alpha value is -1.36. The molecule has 1 aliphatic rings. The topological polar surface area (TPSA) is 3.24 Å². The Morgan fingerprint density at radius 2 is 1.57 bits per heavy atom. The maximum atomic E-state index is 6.38. The van der Waals surface area contributed by atoms with Crippen molar-refractivity contribution < 1.29 is 16.9 Å². The molecule has 1 heterocycles. The highest BCUT2D eigenvalue weighted by Crippen LogP contribution is 2.48. The van der Waals surface area contributed by atoms with E-state index in [1.165, 1.54) is 26.7 Å². The zero-order valence-corrected chi connectivity index (χ0v) is 20.2. The molecule has 4 rings (SSSR count). The fourth-order valence-corrected chi connectivity index (χ4v) is 5.30. The first kappa shape index (κ1) is 23.3. The van der Waals surface area contributed by atoms with Gasteiger partial charge in [0.05, 0.1) is 32.0 Å². The fourth-order valence-electron chi connectivity index (χ4n) is 3.87. The van der Waals surface area contributed by atoms with E-state index in [1.54, 1.807) is 0 Å². The average molecular weight is 480 g/mol. The van der Waals surface area contributed by atoms with Gasteiger partial charge < -0.3 is 21.8 Å². The Balaban J connectivity index is 0.00000256. The van der Waals surface area contributed by atoms with Crippen LogP contribution in [-0.4, -0.2) is 31.7 Å². The quantitative estimate of drug-likeness (QED) is 0.486. The summed E-state index contributed by atoms with van der Waals surface area (Å²) in [4.78, 5) is 4.98. The molecule has 0 bridgehead atoms. The van der Waals surface area contributed by atoms with Crippen molar-refractivity contribution in [3.05, 3.63) is 82.3 Å². The van der Waals surface area contributed by atoms with Crippen LogP contribution in [0.25, 0.3) is 0 Å². The van der Waals surface area contributed by atoms with Gasteiger partial charge in [-0.25, -0.2) is 0 Å². The molecule has 0 aromatic heterocycles. The molecule has 0 spiro atoms. The molecule has 30 heavy (non-hydrogen) atoms. The van der Waals surface area contributed by atoms with E-state index in [4.69, 9.17) is 23.2 Å². The van der Waals surface area contributed by atoms with Crippen molar-refractivity contribution in [1.29, 1.82) is 0 Å². The normalized spacial score (nSPS) is 12.7. The van der Waals surface area contributed by atoms with Gasteiger partial charge in [0.2, 0.25) is 0 Å². The van der Waals surface area contributed by atoms with Crippen LogP contribution in [0.2, 0.25) is 10.0 Å². The van der Waals surface area contributed by atoms with E-state index in [1.807, 2.05) is 30.0 Å². The van der Waals surface area contributed by atoms with Gasteiger partial charge in [-0.05, 0) is 36.4 Å². The highest BCUT2D eigenvalue weighted by Gasteiger charge is 2.24. The zero-order valence-electron chi connectivity index (χ0n) is 17.1. The predicted molar refractivity (Wildman–Crippen MR) is 126 cm³/mol. The molecule has 0 aliphatic carbocycles. The van der Waals surface area contributed by atoms with Crippen LogP contribution in [0, 0.1) is 0 Å². The number of hydrogen-bond acceptors (Lipinski definition) is 2. The van der Waals surface area contributed by atoms with Crippen molar-refractivity contribution >= 4 is 46.3 Å². The minimum atomic E-state index is 0. The fraction of sp³-hybridized carbons (Fsp3) is 0.250. The van der Waals surface area contributed by atoms with E-state index in [2.05, 4.69) is 67.5 Å². The summed E-state index contributed by atoms with van der Waals surface area (Å²) >= 11 is 14.5. The summed E-state index contributed by atoms with van der Waals surface area (Å²) in [5.74, 6) is 0. The first-order valence-electron chi connectivity index (χ1n) is 9.82. The minimum Gasteiger partial charge on any atom is -1.00 e. The SMILES string of the molecule is C[N+](C)(CCCN1c2ccccc2Sc2ccc(Cl)cc21)Cc1ccccc1Cl.[Cl-]. The monoisotopic (exact) mass is 478 g/mol. The van der Waals surface area contributed by atoms with Gasteiger partial charge in [-0.2, -0.15) is 0 Å². The molecule has 0 atom stereocenters. The number of hydrogen-bond donors (Lipinski definition) is 0. The number of fused-ring (bicyclic) bond motifs is 2. The Morgan fingerprint density at radius 1 is 0.867 bits per heavy atom. The van der Waals surface area contributed by atoms with Crippen molar-refractivity contribution in [3.8, 4) is 0 Å². The van der Waals surface area contributed by atoms with Crippen molar-refractivity contribution in [2.75, 3.05) is 32.1 Å². The van der Waals surface area contributed by atoms with Crippen molar-refractivity contribution in [2.24, 2.45) is 0 Å². The molecule has 0 N–H and O–H groups in total. The molecule has 3 aromatic carbocycles. The van der Waals surface area contributed by atoms with Crippen LogP contribution in [-0.2, 0) is 6.54 Å². The van der Waals surface area contributed by atoms with Gasteiger partial charge in [-0.15, -0.1) is 0 Å². The lowest BCUT2D eigenvalue weighted by Crippen LogP contribution is -3.00. The third-order valence-electron chi connectivity index (χ3n) is 5.29. The van der Waals surface area contributed by atoms with Crippen LogP contribution in [0.4, 0.5) is 11.4 Å². The molecule has 158 valence electrons. The lowest BCUT2D eigenvalue weighted by Gasteiger charge is -2.35. The first-order valence-corrected chi connectivity index (χ1v) is 11.4. The molecule has 0 saturated heterocycles. The molecule has 2 nitrogen and oxygen atoms in total. The standard InChI is InChI=1S/C24H25Cl2N2S.ClH/c1-28(2,17-18-8-3-4-9-20(18)26)15-7-14-27-21-10-5-6-11-23(21)29-24-13-12-19(25)16-22(24)27;/h3-6,8-13,16H,7,14-15,17H2,1-2H3;1H/q+1;/p-1. The summed E-state index contributed by atoms with van der Waals surface area (Å²) in [6, 6.07) is 22.9. The smallest absolute Gasteiger partial charge is 0.105 e. The largest absolute Gasteiger partial charge is 1.00 e. The summed E-state index contributed by atoms with van der Waals surface area (Å²) < 4.78 is 0.899. The van der Waals surface area contributed by atoms with Crippen LogP contribution < -0.4 is 17.3 Å². The second-order valence-electron chi connectivity index (χ2n) is 8.10. The minimum absolute atomic E-state index is 0. The van der Waals surface area contributed by atoms with Gasteiger partial charge >= 0.3 is 0 Å². The van der Waals surface area contributed by atoms with E-state index < -0.39 is 0 Å². The number of nitrogens with zero attached hydrogens (tertiary/aromatic N) is 2. The molecular weight excluding hydrogens is 455 g/mol. The van der Waals surface area contributed by atoms with Crippen LogP contribution >= 0.6 is 35.0 Å². The first-order chi connectivity index (χ1) is 13.9. The number of anilines is 2. The van der Waals surface area contributed by atoms with E-state index in [0.29, 0.717) is 0 Å². The van der Waals surface area contributed by atoms with Crippen molar-refractivity contribution in [3.63, 3.8) is 0 Å². The van der Waals surface area contributed by atoms with Gasteiger partial charge in [0, 0.05) is 38.4 Å². The molecule has 0 unspecified atom stereocenters. The second-order valence-corrected chi connectivity index (χ2v) is 10.0. The highest BCUT2D eigenvalue weighted by molar-refractivity contribution is 7.99. The van der Waals surface area contributed by atoms with Crippen LogP contribution in [0.5, 0.6) is 0 Å². The number of benzene rings is 3. The maximum Gasteiger partial charge on any atom is 0.105 e. The van der Waals surface area contributed by atoms with E-state index >= 15 is 0 Å². The molecule has 0 fully saturated rings. The molecule has 0 amide bonds. The summed E-state index contributed by atoms with van der Waals surface area (Å²) in [6.45, 7) is 2.94. The van der Waals surface area contributed by atoms with Gasteiger partial charge in [0.15, 0.2) is 0 Å². The lowest BCUT2D eigenvalue weighted by molar-refractivity contribution is -0.903. The second kappa shape index (κ2) is 9.84. The van der Waals surface area contributed by atoms with Crippen LogP contribution in [0.3, 0.4) is 0 Å². The van der Waals surface area contributed by atoms with E-state index in [9.17, 15) is 0 Å². The third-order valence-corrected chi connectivity index (χ3v) is 7.02. The Labute approximate surface area is 199 Å².